The Bertz CT molecular complexity index is 2280. The summed E-state index contributed by atoms with van der Waals surface area (Å²) in [5, 5.41) is 5.06. The highest BCUT2D eigenvalue weighted by atomic mass is 35.5. The Balaban J connectivity index is 1.38. The number of hydrogen-bond acceptors (Lipinski definition) is 7. The molecular weight excluding hydrogens is 588 g/mol. The number of fused-ring (bicyclic) bond motifs is 2. The molecule has 0 aliphatic heterocycles. The molecule has 45 heavy (non-hydrogen) atoms. The predicted octanol–water partition coefficient (Wildman–Crippen LogP) is 7.30. The summed E-state index contributed by atoms with van der Waals surface area (Å²) in [4.78, 5) is 43.3. The molecule has 0 amide bonds. The molecular formula is C35H25ClN6O3. The first-order valence-corrected chi connectivity index (χ1v) is 14.6. The third-order valence-electron chi connectivity index (χ3n) is 7.52. The fourth-order valence-electron chi connectivity index (χ4n) is 5.48. The summed E-state index contributed by atoms with van der Waals surface area (Å²) in [6.07, 6.45) is 4.59. The summed E-state index contributed by atoms with van der Waals surface area (Å²) < 4.78 is 7.48. The van der Waals surface area contributed by atoms with Crippen LogP contribution in [0.3, 0.4) is 0 Å². The van der Waals surface area contributed by atoms with E-state index in [2.05, 4.69) is 25.3 Å². The Morgan fingerprint density at radius 3 is 2.38 bits per heavy atom. The zero-order chi connectivity index (χ0) is 30.9. The lowest BCUT2D eigenvalue weighted by Crippen LogP contribution is -2.27. The third-order valence-corrected chi connectivity index (χ3v) is 7.92. The smallest absolute Gasteiger partial charge is 0.263 e. The number of nitrogens with zero attached hydrogens (tertiary/aromatic N) is 4. The molecule has 0 radical (unpaired) electrons. The minimum absolute atomic E-state index is 0.234. The molecule has 9 nitrogen and oxygen atoms in total. The molecule has 220 valence electrons. The molecule has 0 fully saturated rings. The van der Waals surface area contributed by atoms with Gasteiger partial charge >= 0.3 is 0 Å². The zero-order valence-electron chi connectivity index (χ0n) is 23.9. The number of hydrogen-bond donors (Lipinski definition) is 2. The predicted molar refractivity (Wildman–Crippen MR) is 176 cm³/mol. The van der Waals surface area contributed by atoms with E-state index < -0.39 is 6.04 Å². The van der Waals surface area contributed by atoms with E-state index in [4.69, 9.17) is 16.3 Å². The number of H-pyrrole nitrogens is 1. The van der Waals surface area contributed by atoms with Gasteiger partial charge in [0.15, 0.2) is 5.43 Å². The molecule has 7 rings (SSSR count). The first-order chi connectivity index (χ1) is 22.0. The average Bonchev–Trinajstić information content (AvgIpc) is 3.07. The van der Waals surface area contributed by atoms with E-state index in [1.54, 1.807) is 16.8 Å². The van der Waals surface area contributed by atoms with Crippen LogP contribution in [-0.4, -0.2) is 24.5 Å². The normalized spacial score (nSPS) is 11.9. The van der Waals surface area contributed by atoms with E-state index in [9.17, 15) is 9.59 Å². The van der Waals surface area contributed by atoms with Crippen LogP contribution >= 0.6 is 11.6 Å². The summed E-state index contributed by atoms with van der Waals surface area (Å²) in [7, 11) is 0. The van der Waals surface area contributed by atoms with E-state index in [1.807, 2.05) is 91.9 Å². The van der Waals surface area contributed by atoms with Crippen molar-refractivity contribution in [3.05, 3.63) is 147 Å². The van der Waals surface area contributed by atoms with Gasteiger partial charge in [-0.3, -0.25) is 14.2 Å². The van der Waals surface area contributed by atoms with Crippen molar-refractivity contribution in [2.24, 2.45) is 0 Å². The van der Waals surface area contributed by atoms with Gasteiger partial charge in [-0.2, -0.15) is 0 Å². The number of pyridine rings is 3. The van der Waals surface area contributed by atoms with Crippen LogP contribution in [0.1, 0.15) is 18.7 Å². The Morgan fingerprint density at radius 1 is 0.844 bits per heavy atom. The summed E-state index contributed by atoms with van der Waals surface area (Å²) in [6.45, 7) is 1.87. The summed E-state index contributed by atoms with van der Waals surface area (Å²) >= 11 is 7.22. The number of para-hydroxylation sites is 2. The monoisotopic (exact) mass is 612 g/mol. The largest absolute Gasteiger partial charge is 0.439 e. The molecule has 0 bridgehead atoms. The van der Waals surface area contributed by atoms with Gasteiger partial charge in [0.1, 0.15) is 28.9 Å². The number of aromatic amines is 1. The summed E-state index contributed by atoms with van der Waals surface area (Å²) in [5.41, 5.74) is 2.48. The maximum absolute atomic E-state index is 14.6. The van der Waals surface area contributed by atoms with Gasteiger partial charge in [0, 0.05) is 41.2 Å². The van der Waals surface area contributed by atoms with Gasteiger partial charge < -0.3 is 15.0 Å². The van der Waals surface area contributed by atoms with Crippen LogP contribution in [0.4, 0.5) is 5.82 Å². The minimum Gasteiger partial charge on any atom is -0.439 e. The van der Waals surface area contributed by atoms with E-state index in [0.29, 0.717) is 61.2 Å². The number of benzene rings is 3. The lowest BCUT2D eigenvalue weighted by Gasteiger charge is -2.24. The van der Waals surface area contributed by atoms with Crippen molar-refractivity contribution in [2.75, 3.05) is 5.32 Å². The van der Waals surface area contributed by atoms with E-state index >= 15 is 0 Å². The molecule has 0 aliphatic rings. The molecule has 7 aromatic rings. The van der Waals surface area contributed by atoms with Crippen LogP contribution < -0.4 is 21.0 Å². The highest BCUT2D eigenvalue weighted by Gasteiger charge is 2.24. The van der Waals surface area contributed by atoms with Gasteiger partial charge in [0.05, 0.1) is 22.1 Å². The van der Waals surface area contributed by atoms with Crippen LogP contribution in [0.15, 0.2) is 125 Å². The zero-order valence-corrected chi connectivity index (χ0v) is 24.7. The number of halogens is 1. The maximum Gasteiger partial charge on any atom is 0.263 e. The molecule has 4 aromatic heterocycles. The van der Waals surface area contributed by atoms with Crippen LogP contribution in [0.2, 0.25) is 5.02 Å². The number of nitrogens with one attached hydrogen (secondary N) is 2. The van der Waals surface area contributed by atoms with Gasteiger partial charge in [-0.1, -0.05) is 66.2 Å². The summed E-state index contributed by atoms with van der Waals surface area (Å²) in [6, 6.07) is 28.8. The number of ether oxygens (including phenoxy) is 1. The lowest BCUT2D eigenvalue weighted by atomic mass is 9.98. The first kappa shape index (κ1) is 28.0. The van der Waals surface area contributed by atoms with Gasteiger partial charge in [-0.05, 0) is 42.8 Å². The second kappa shape index (κ2) is 11.7. The van der Waals surface area contributed by atoms with Crippen molar-refractivity contribution in [2.45, 2.75) is 13.0 Å². The average molecular weight is 613 g/mol. The van der Waals surface area contributed by atoms with Gasteiger partial charge in [0.25, 0.3) is 5.56 Å². The molecule has 0 spiro atoms. The Labute approximate surface area is 261 Å². The van der Waals surface area contributed by atoms with Gasteiger partial charge in [-0.15, -0.1) is 0 Å². The quantitative estimate of drug-likeness (QED) is 0.194. The molecule has 0 saturated carbocycles. The lowest BCUT2D eigenvalue weighted by molar-refractivity contribution is 0.463. The minimum atomic E-state index is -0.549. The van der Waals surface area contributed by atoms with Crippen LogP contribution in [0.25, 0.3) is 38.6 Å². The maximum atomic E-state index is 14.6. The second-order valence-corrected chi connectivity index (χ2v) is 10.7. The molecule has 4 heterocycles. The Hall–Kier alpha value is -5.80. The SMILES string of the molecule is C[C@H](Nc1ncnc2[nH]ccc(=O)c12)c1c(Cl)c2cccc(-c3ccc(Oc4ccccc4)nc3)c2c(=O)n1-c1ccccc1. The number of anilines is 1. The summed E-state index contributed by atoms with van der Waals surface area (Å²) in [5.74, 6) is 1.44. The van der Waals surface area contributed by atoms with Crippen molar-refractivity contribution in [1.29, 1.82) is 0 Å². The van der Waals surface area contributed by atoms with Crippen molar-refractivity contribution in [3.8, 4) is 28.4 Å². The third kappa shape index (κ3) is 5.19. The van der Waals surface area contributed by atoms with Crippen LogP contribution in [0, 0.1) is 0 Å². The fourth-order valence-corrected chi connectivity index (χ4v) is 5.89. The highest BCUT2D eigenvalue weighted by Crippen LogP contribution is 2.36. The van der Waals surface area contributed by atoms with Crippen molar-refractivity contribution < 1.29 is 4.74 Å². The van der Waals surface area contributed by atoms with E-state index in [0.717, 1.165) is 5.56 Å². The topological polar surface area (TPSA) is 115 Å². The van der Waals surface area contributed by atoms with Gasteiger partial charge in [-0.25, -0.2) is 15.0 Å². The second-order valence-electron chi connectivity index (χ2n) is 10.4. The van der Waals surface area contributed by atoms with E-state index in [1.165, 1.54) is 18.6 Å². The Morgan fingerprint density at radius 2 is 1.62 bits per heavy atom. The molecule has 1 atom stereocenters. The standard InChI is InChI=1S/C35H25ClN6O3/c1-21(41-34-30-27(43)17-18-37-33(30)39-20-40-34)32-31(36)26-14-8-13-25(29(26)35(44)42(32)23-9-4-2-5-10-23)22-15-16-28(38-19-22)45-24-11-6-3-7-12-24/h2-21H,1H3,(H2,37,39,40,41,43)/t21-/m0/s1. The molecule has 3 aromatic carbocycles. The highest BCUT2D eigenvalue weighted by molar-refractivity contribution is 6.36. The Kier molecular flexibility index (Phi) is 7.28. The van der Waals surface area contributed by atoms with Crippen molar-refractivity contribution in [3.63, 3.8) is 0 Å². The van der Waals surface area contributed by atoms with Crippen molar-refractivity contribution >= 4 is 39.2 Å². The molecule has 0 unspecified atom stereocenters. The first-order valence-electron chi connectivity index (χ1n) is 14.2. The van der Waals surface area contributed by atoms with Crippen molar-refractivity contribution in [1.82, 2.24) is 24.5 Å². The van der Waals surface area contributed by atoms with Crippen LogP contribution in [-0.2, 0) is 0 Å². The fraction of sp³-hybridized carbons (Fsp3) is 0.0571. The molecule has 2 N–H and O–H groups in total. The van der Waals surface area contributed by atoms with E-state index in [-0.39, 0.29) is 11.0 Å². The van der Waals surface area contributed by atoms with Gasteiger partial charge in [0.2, 0.25) is 5.88 Å². The molecule has 10 heteroatoms. The van der Waals surface area contributed by atoms with Crippen LogP contribution in [0.5, 0.6) is 11.6 Å². The molecule has 0 saturated heterocycles. The number of rotatable bonds is 7. The molecule has 0 aliphatic carbocycles. The number of aromatic nitrogens is 5.